The summed E-state index contributed by atoms with van der Waals surface area (Å²) in [5.74, 6) is -0.116. The summed E-state index contributed by atoms with van der Waals surface area (Å²) in [5, 5.41) is 9.79. The van der Waals surface area contributed by atoms with Crippen LogP contribution in [0.2, 0.25) is 5.02 Å². The van der Waals surface area contributed by atoms with E-state index in [0.717, 1.165) is 4.90 Å². The number of rotatable bonds is 5. The van der Waals surface area contributed by atoms with Gasteiger partial charge in [-0.05, 0) is 42.8 Å². The number of halogens is 1. The lowest BCUT2D eigenvalue weighted by molar-refractivity contribution is -0.133. The predicted octanol–water partition coefficient (Wildman–Crippen LogP) is 2.06. The average Bonchev–Trinajstić information content (AvgIpc) is 3.51. The van der Waals surface area contributed by atoms with Crippen LogP contribution in [0.4, 0.5) is 10.5 Å². The summed E-state index contributed by atoms with van der Waals surface area (Å²) in [4.78, 5) is 43.3. The van der Waals surface area contributed by atoms with Crippen LogP contribution in [0.3, 0.4) is 0 Å². The van der Waals surface area contributed by atoms with Gasteiger partial charge >= 0.3 is 6.03 Å². The number of carbonyl (C=O) groups excluding carboxylic acids is 3. The molecule has 3 aromatic rings. The van der Waals surface area contributed by atoms with Crippen molar-refractivity contribution >= 4 is 35.1 Å². The number of fused-ring (bicyclic) bond motifs is 1. The monoisotopic (exact) mass is 468 g/mol. The van der Waals surface area contributed by atoms with Crippen LogP contribution in [-0.2, 0) is 15.1 Å². The highest BCUT2D eigenvalue weighted by Crippen LogP contribution is 2.37. The summed E-state index contributed by atoms with van der Waals surface area (Å²) in [6.07, 6.45) is 2.82. The van der Waals surface area contributed by atoms with Crippen LogP contribution < -0.4 is 20.1 Å². The van der Waals surface area contributed by atoms with Crippen molar-refractivity contribution in [2.45, 2.75) is 12.5 Å². The van der Waals surface area contributed by atoms with Gasteiger partial charge in [0, 0.05) is 5.02 Å². The number of nitrogens with zero attached hydrogens (tertiary/aromatic N) is 4. The number of anilines is 1. The molecule has 1 atom stereocenters. The van der Waals surface area contributed by atoms with E-state index in [1.165, 1.54) is 17.3 Å². The van der Waals surface area contributed by atoms with Gasteiger partial charge in [0.05, 0.1) is 11.4 Å². The van der Waals surface area contributed by atoms with Crippen LogP contribution in [0.15, 0.2) is 49.1 Å². The van der Waals surface area contributed by atoms with E-state index < -0.39 is 29.9 Å². The third kappa shape index (κ3) is 3.61. The second kappa shape index (κ2) is 7.78. The summed E-state index contributed by atoms with van der Waals surface area (Å²) in [6, 6.07) is 9.14. The molecule has 5 rings (SSSR count). The lowest BCUT2D eigenvalue weighted by Gasteiger charge is -2.22. The molecule has 0 radical (unpaired) electrons. The number of hydrogen-bond donors (Lipinski definition) is 2. The zero-order valence-electron chi connectivity index (χ0n) is 17.2. The Morgan fingerprint density at radius 1 is 1.21 bits per heavy atom. The number of nitrogens with one attached hydrogen (secondary N) is 2. The van der Waals surface area contributed by atoms with Gasteiger partial charge < -0.3 is 20.1 Å². The van der Waals surface area contributed by atoms with E-state index in [1.54, 1.807) is 43.3 Å². The first-order chi connectivity index (χ1) is 15.8. The Morgan fingerprint density at radius 3 is 2.82 bits per heavy atom. The van der Waals surface area contributed by atoms with E-state index in [0.29, 0.717) is 33.5 Å². The average molecular weight is 469 g/mol. The number of carbonyl (C=O) groups is 3. The van der Waals surface area contributed by atoms with Gasteiger partial charge in [0.2, 0.25) is 12.7 Å². The second-order valence-electron chi connectivity index (χ2n) is 7.56. The van der Waals surface area contributed by atoms with Gasteiger partial charge in [-0.3, -0.25) is 14.5 Å². The summed E-state index contributed by atoms with van der Waals surface area (Å²) in [6.45, 7) is 1.17. The topological polar surface area (TPSA) is 128 Å². The van der Waals surface area contributed by atoms with E-state index in [-0.39, 0.29) is 6.79 Å². The Balaban J connectivity index is 1.35. The first-order valence-corrected chi connectivity index (χ1v) is 10.2. The van der Waals surface area contributed by atoms with E-state index in [9.17, 15) is 14.4 Å². The molecule has 2 N–H and O–H groups in total. The van der Waals surface area contributed by atoms with E-state index in [4.69, 9.17) is 21.1 Å². The molecule has 1 fully saturated rings. The van der Waals surface area contributed by atoms with Crippen molar-refractivity contribution in [1.29, 1.82) is 0 Å². The molecule has 1 saturated heterocycles. The van der Waals surface area contributed by atoms with Crippen molar-refractivity contribution in [2.75, 3.05) is 18.7 Å². The number of benzene rings is 2. The molecule has 0 spiro atoms. The first-order valence-electron chi connectivity index (χ1n) is 9.84. The number of imide groups is 1. The summed E-state index contributed by atoms with van der Waals surface area (Å²) in [7, 11) is 0. The molecule has 2 aromatic carbocycles. The Bertz CT molecular complexity index is 1280. The minimum atomic E-state index is -1.36. The van der Waals surface area contributed by atoms with Crippen molar-refractivity contribution in [3.63, 3.8) is 0 Å². The van der Waals surface area contributed by atoms with Crippen molar-refractivity contribution in [3.05, 3.63) is 59.6 Å². The molecule has 33 heavy (non-hydrogen) atoms. The van der Waals surface area contributed by atoms with Crippen molar-refractivity contribution in [3.8, 4) is 17.2 Å². The highest BCUT2D eigenvalue weighted by atomic mass is 35.5. The third-order valence-electron chi connectivity index (χ3n) is 5.42. The highest BCUT2D eigenvalue weighted by Gasteiger charge is 2.50. The fourth-order valence-electron chi connectivity index (χ4n) is 3.72. The van der Waals surface area contributed by atoms with Gasteiger partial charge in [0.1, 0.15) is 24.7 Å². The van der Waals surface area contributed by atoms with Crippen LogP contribution in [-0.4, -0.2) is 50.8 Å². The molecule has 11 nitrogen and oxygen atoms in total. The second-order valence-corrected chi connectivity index (χ2v) is 8.00. The maximum Gasteiger partial charge on any atom is 0.325 e. The minimum absolute atomic E-state index is 0.0855. The fourth-order valence-corrected chi connectivity index (χ4v) is 3.89. The summed E-state index contributed by atoms with van der Waals surface area (Å²) >= 11 is 6.08. The van der Waals surface area contributed by atoms with Crippen molar-refractivity contribution in [2.24, 2.45) is 0 Å². The first kappa shape index (κ1) is 20.8. The van der Waals surface area contributed by atoms with Crippen LogP contribution >= 0.6 is 11.6 Å². The van der Waals surface area contributed by atoms with Gasteiger partial charge in [0.15, 0.2) is 11.5 Å². The summed E-state index contributed by atoms with van der Waals surface area (Å²) < 4.78 is 12.1. The predicted molar refractivity (Wildman–Crippen MR) is 115 cm³/mol. The van der Waals surface area contributed by atoms with Crippen LogP contribution in [0, 0.1) is 0 Å². The molecule has 0 bridgehead atoms. The normalized spacial score (nSPS) is 19.0. The molecule has 2 aliphatic heterocycles. The van der Waals surface area contributed by atoms with Crippen molar-refractivity contribution < 1.29 is 23.9 Å². The molecule has 3 heterocycles. The maximum atomic E-state index is 13.2. The number of hydrogen-bond acceptors (Lipinski definition) is 7. The molecule has 2 aliphatic rings. The summed E-state index contributed by atoms with van der Waals surface area (Å²) in [5.41, 5.74) is 0.0212. The van der Waals surface area contributed by atoms with Gasteiger partial charge in [0.25, 0.3) is 5.91 Å². The number of ether oxygens (including phenoxy) is 2. The van der Waals surface area contributed by atoms with Crippen LogP contribution in [0.1, 0.15) is 12.5 Å². The molecule has 168 valence electrons. The molecule has 1 aromatic heterocycles. The van der Waals surface area contributed by atoms with E-state index in [1.807, 2.05) is 0 Å². The van der Waals surface area contributed by atoms with E-state index >= 15 is 0 Å². The van der Waals surface area contributed by atoms with Gasteiger partial charge in [-0.1, -0.05) is 17.7 Å². The highest BCUT2D eigenvalue weighted by molar-refractivity contribution is 6.31. The Kier molecular flexibility index (Phi) is 4.90. The zero-order chi connectivity index (χ0) is 23.2. The van der Waals surface area contributed by atoms with Crippen LogP contribution in [0.25, 0.3) is 5.69 Å². The number of urea groups is 1. The quantitative estimate of drug-likeness (QED) is 0.548. The maximum absolute atomic E-state index is 13.2. The molecule has 0 saturated carbocycles. The van der Waals surface area contributed by atoms with Gasteiger partial charge in [-0.2, -0.15) is 5.10 Å². The Labute approximate surface area is 192 Å². The minimum Gasteiger partial charge on any atom is -0.454 e. The standard InChI is InChI=1S/C21H17ClN6O5/c1-21(12-2-5-16-17(6-12)33-11-32-16)19(30)27(20(31)26-21)8-18(29)25-14-7-13(22)3-4-15(14)28-10-23-9-24-28/h2-7,9-10H,8,11H2,1H3,(H,25,29)(H,26,31)/t21-/m0/s1. The fraction of sp³-hybridized carbons (Fsp3) is 0.190. The molecule has 12 heteroatoms. The largest absolute Gasteiger partial charge is 0.454 e. The number of amides is 4. The lowest BCUT2D eigenvalue weighted by atomic mass is 9.91. The molecule has 0 unspecified atom stereocenters. The SMILES string of the molecule is C[C@@]1(c2ccc3c(c2)OCO3)NC(=O)N(CC(=O)Nc2cc(Cl)ccc2-n2cncn2)C1=O. The molecular weight excluding hydrogens is 452 g/mol. The molecule has 0 aliphatic carbocycles. The van der Waals surface area contributed by atoms with Gasteiger partial charge in [-0.15, -0.1) is 0 Å². The Morgan fingerprint density at radius 2 is 2.03 bits per heavy atom. The third-order valence-corrected chi connectivity index (χ3v) is 5.66. The van der Waals surface area contributed by atoms with Crippen molar-refractivity contribution in [1.82, 2.24) is 25.0 Å². The van der Waals surface area contributed by atoms with E-state index in [2.05, 4.69) is 20.7 Å². The Hall–Kier alpha value is -4.12. The molecular formula is C21H17ClN6O5. The smallest absolute Gasteiger partial charge is 0.325 e. The lowest BCUT2D eigenvalue weighted by Crippen LogP contribution is -2.42. The number of aromatic nitrogens is 3. The zero-order valence-corrected chi connectivity index (χ0v) is 18.0. The van der Waals surface area contributed by atoms with Crippen LogP contribution in [0.5, 0.6) is 11.5 Å². The van der Waals surface area contributed by atoms with Gasteiger partial charge in [-0.25, -0.2) is 14.5 Å². The molecule has 4 amide bonds.